The molecular weight excluding hydrogens is 270 g/mol. The Hall–Kier alpha value is -2.21. The van der Waals surface area contributed by atoms with Crippen molar-refractivity contribution in [3.8, 4) is 11.4 Å². The Morgan fingerprint density at radius 3 is 2.38 bits per heavy atom. The van der Waals surface area contributed by atoms with Crippen LogP contribution in [0, 0.1) is 0 Å². The third-order valence-corrected chi connectivity index (χ3v) is 3.26. The summed E-state index contributed by atoms with van der Waals surface area (Å²) in [6, 6.07) is 7.36. The summed E-state index contributed by atoms with van der Waals surface area (Å²) >= 11 is 0. The summed E-state index contributed by atoms with van der Waals surface area (Å²) in [7, 11) is 1.58. The summed E-state index contributed by atoms with van der Waals surface area (Å²) in [4.78, 5) is 12.4. The average Bonchev–Trinajstić information content (AvgIpc) is 2.73. The Morgan fingerprint density at radius 1 is 1.19 bits per heavy atom. The minimum Gasteiger partial charge on any atom is -0.494 e. The van der Waals surface area contributed by atoms with Crippen LogP contribution in [0.5, 0.6) is 5.75 Å². The smallest absolute Gasteiger partial charge is 0.294 e. The van der Waals surface area contributed by atoms with Gasteiger partial charge in [-0.25, -0.2) is 4.68 Å². The molecule has 0 radical (unpaired) electrons. The number of nitrogens with zero attached hydrogens (tertiary/aromatic N) is 2. The fraction of sp³-hybridized carbons (Fsp3) is 0.400. The molecule has 2 aromatic rings. The number of hydrogen-bond acceptors (Lipinski definition) is 4. The van der Waals surface area contributed by atoms with E-state index in [1.54, 1.807) is 11.8 Å². The van der Waals surface area contributed by atoms with Crippen molar-refractivity contribution in [1.29, 1.82) is 0 Å². The zero-order valence-electron chi connectivity index (χ0n) is 12.6. The number of aromatic nitrogens is 2. The minimum absolute atomic E-state index is 0.229. The van der Waals surface area contributed by atoms with Crippen molar-refractivity contribution in [2.24, 2.45) is 0 Å². The minimum atomic E-state index is -0.229. The summed E-state index contributed by atoms with van der Waals surface area (Å²) < 4.78 is 13.9. The highest BCUT2D eigenvalue weighted by atomic mass is 16.5. The molecule has 0 unspecified atom stereocenters. The molecule has 1 aromatic carbocycles. The molecule has 0 fully saturated rings. The predicted molar refractivity (Wildman–Crippen MR) is 82.0 cm³/mol. The molecule has 6 heteroatoms. The average molecular weight is 291 g/mol. The molecule has 0 aliphatic carbocycles. The molecule has 0 aliphatic heterocycles. The van der Waals surface area contributed by atoms with Crippen molar-refractivity contribution in [3.63, 3.8) is 0 Å². The number of methoxy groups -OCH3 is 1. The predicted octanol–water partition coefficient (Wildman–Crippen LogP) is 1.79. The highest BCUT2D eigenvalue weighted by Crippen LogP contribution is 2.18. The first-order chi connectivity index (χ1) is 10.1. The summed E-state index contributed by atoms with van der Waals surface area (Å²) in [5, 5.41) is 0. The van der Waals surface area contributed by atoms with Gasteiger partial charge in [-0.2, -0.15) is 0 Å². The van der Waals surface area contributed by atoms with Gasteiger partial charge in [0.15, 0.2) is 0 Å². The summed E-state index contributed by atoms with van der Waals surface area (Å²) in [6.07, 6.45) is 0. The van der Waals surface area contributed by atoms with Crippen LogP contribution in [0.3, 0.4) is 0 Å². The lowest BCUT2D eigenvalue weighted by atomic mass is 10.3. The van der Waals surface area contributed by atoms with Crippen molar-refractivity contribution in [3.05, 3.63) is 40.3 Å². The van der Waals surface area contributed by atoms with E-state index in [1.165, 1.54) is 0 Å². The van der Waals surface area contributed by atoms with E-state index in [0.29, 0.717) is 25.5 Å². The first-order valence-electron chi connectivity index (χ1n) is 6.96. The first-order valence-corrected chi connectivity index (χ1v) is 6.96. The molecule has 0 atom stereocenters. The third kappa shape index (κ3) is 2.80. The molecule has 1 heterocycles. The van der Waals surface area contributed by atoms with Gasteiger partial charge in [0.2, 0.25) is 0 Å². The number of benzene rings is 1. The largest absolute Gasteiger partial charge is 0.494 e. The van der Waals surface area contributed by atoms with E-state index in [2.05, 4.69) is 0 Å². The fourth-order valence-corrected chi connectivity index (χ4v) is 2.34. The van der Waals surface area contributed by atoms with Crippen LogP contribution in [-0.4, -0.2) is 23.1 Å². The van der Waals surface area contributed by atoms with Gasteiger partial charge < -0.3 is 15.2 Å². The second-order valence-corrected chi connectivity index (χ2v) is 4.55. The van der Waals surface area contributed by atoms with E-state index in [1.807, 2.05) is 42.8 Å². The molecule has 1 aromatic heterocycles. The van der Waals surface area contributed by atoms with Crippen molar-refractivity contribution in [2.45, 2.75) is 27.0 Å². The lowest BCUT2D eigenvalue weighted by Gasteiger charge is -2.13. The highest BCUT2D eigenvalue weighted by molar-refractivity contribution is 5.46. The zero-order chi connectivity index (χ0) is 15.4. The Morgan fingerprint density at radius 2 is 1.86 bits per heavy atom. The van der Waals surface area contributed by atoms with E-state index in [0.717, 1.165) is 11.4 Å². The Bertz CT molecular complexity index is 656. The number of anilines is 1. The summed E-state index contributed by atoms with van der Waals surface area (Å²) in [6.45, 7) is 5.42. The summed E-state index contributed by atoms with van der Waals surface area (Å²) in [5.74, 6) is 0.772. The van der Waals surface area contributed by atoms with Gasteiger partial charge >= 0.3 is 0 Å². The lowest BCUT2D eigenvalue weighted by Crippen LogP contribution is -2.22. The monoisotopic (exact) mass is 291 g/mol. The number of nitrogens with two attached hydrogens (primary N) is 1. The molecule has 0 saturated heterocycles. The van der Waals surface area contributed by atoms with Crippen LogP contribution in [-0.2, 0) is 17.9 Å². The van der Waals surface area contributed by atoms with E-state index in [4.69, 9.17) is 15.2 Å². The van der Waals surface area contributed by atoms with E-state index in [9.17, 15) is 4.79 Å². The van der Waals surface area contributed by atoms with Crippen molar-refractivity contribution in [2.75, 3.05) is 19.5 Å². The van der Waals surface area contributed by atoms with Gasteiger partial charge in [0.05, 0.1) is 24.6 Å². The maximum atomic E-state index is 12.4. The third-order valence-electron chi connectivity index (χ3n) is 3.26. The fourth-order valence-electron chi connectivity index (χ4n) is 2.34. The SMILES string of the molecule is CCOc1ccc(-n2c(=O)c(N)c(COC)n2CC)cc1. The number of hydrogen-bond donors (Lipinski definition) is 1. The van der Waals surface area contributed by atoms with Gasteiger partial charge in [0, 0.05) is 13.7 Å². The van der Waals surface area contributed by atoms with Gasteiger partial charge in [-0.3, -0.25) is 9.48 Å². The van der Waals surface area contributed by atoms with Crippen molar-refractivity contribution >= 4 is 5.69 Å². The molecule has 0 spiro atoms. The van der Waals surface area contributed by atoms with Crippen LogP contribution in [0.1, 0.15) is 19.5 Å². The molecule has 21 heavy (non-hydrogen) atoms. The van der Waals surface area contributed by atoms with Crippen LogP contribution < -0.4 is 16.0 Å². The Kier molecular flexibility index (Phi) is 4.70. The molecule has 6 nitrogen and oxygen atoms in total. The lowest BCUT2D eigenvalue weighted by molar-refractivity contribution is 0.176. The number of rotatable bonds is 6. The second kappa shape index (κ2) is 6.49. The molecular formula is C15H21N3O3. The number of ether oxygens (including phenoxy) is 2. The summed E-state index contributed by atoms with van der Waals surface area (Å²) in [5.41, 5.74) is 7.37. The molecule has 0 saturated carbocycles. The maximum Gasteiger partial charge on any atom is 0.294 e. The standard InChI is InChI=1S/C15H21N3O3/c1-4-17-13(10-20-3)14(16)15(19)18(17)11-6-8-12(9-7-11)21-5-2/h6-9H,4-5,10,16H2,1-3H3. The Balaban J connectivity index is 2.52. The maximum absolute atomic E-state index is 12.4. The van der Waals surface area contributed by atoms with Gasteiger partial charge in [-0.1, -0.05) is 0 Å². The topological polar surface area (TPSA) is 71.4 Å². The van der Waals surface area contributed by atoms with Crippen molar-refractivity contribution < 1.29 is 9.47 Å². The first kappa shape index (κ1) is 15.2. The molecule has 0 amide bonds. The van der Waals surface area contributed by atoms with Crippen LogP contribution in [0.4, 0.5) is 5.69 Å². The van der Waals surface area contributed by atoms with Crippen LogP contribution in [0.15, 0.2) is 29.1 Å². The molecule has 2 rings (SSSR count). The highest BCUT2D eigenvalue weighted by Gasteiger charge is 2.17. The molecule has 0 aliphatic rings. The molecule has 2 N–H and O–H groups in total. The van der Waals surface area contributed by atoms with E-state index in [-0.39, 0.29) is 11.2 Å². The van der Waals surface area contributed by atoms with Gasteiger partial charge in [-0.05, 0) is 38.1 Å². The second-order valence-electron chi connectivity index (χ2n) is 4.55. The van der Waals surface area contributed by atoms with E-state index >= 15 is 0 Å². The zero-order valence-corrected chi connectivity index (χ0v) is 12.6. The van der Waals surface area contributed by atoms with Crippen molar-refractivity contribution in [1.82, 2.24) is 9.36 Å². The van der Waals surface area contributed by atoms with Gasteiger partial charge in [-0.15, -0.1) is 0 Å². The normalized spacial score (nSPS) is 10.8. The van der Waals surface area contributed by atoms with E-state index < -0.39 is 0 Å². The quantitative estimate of drug-likeness (QED) is 0.880. The van der Waals surface area contributed by atoms with Gasteiger partial charge in [0.25, 0.3) is 5.56 Å². The molecule has 0 bridgehead atoms. The Labute approximate surface area is 123 Å². The van der Waals surface area contributed by atoms with Crippen LogP contribution in [0.2, 0.25) is 0 Å². The van der Waals surface area contributed by atoms with Gasteiger partial charge in [0.1, 0.15) is 11.4 Å². The van der Waals surface area contributed by atoms with Crippen LogP contribution >= 0.6 is 0 Å². The number of nitrogen functional groups attached to an aromatic ring is 1. The molecule has 114 valence electrons. The van der Waals surface area contributed by atoms with Crippen LogP contribution in [0.25, 0.3) is 5.69 Å².